The van der Waals surface area contributed by atoms with Gasteiger partial charge in [0.1, 0.15) is 0 Å². The van der Waals surface area contributed by atoms with Crippen molar-refractivity contribution < 1.29 is 14.3 Å². The zero-order valence-corrected chi connectivity index (χ0v) is 12.1. The van der Waals surface area contributed by atoms with Gasteiger partial charge in [0.2, 0.25) is 11.8 Å². The Morgan fingerprint density at radius 3 is 2.76 bits per heavy atom. The highest BCUT2D eigenvalue weighted by Crippen LogP contribution is 2.29. The summed E-state index contributed by atoms with van der Waals surface area (Å²) in [7, 11) is 0. The van der Waals surface area contributed by atoms with Gasteiger partial charge in [0.15, 0.2) is 0 Å². The molecule has 1 aromatic heterocycles. The molecule has 2 fully saturated rings. The van der Waals surface area contributed by atoms with Crippen LogP contribution in [0.15, 0.2) is 18.2 Å². The molecule has 0 radical (unpaired) electrons. The van der Waals surface area contributed by atoms with Gasteiger partial charge in [0, 0.05) is 25.2 Å². The van der Waals surface area contributed by atoms with E-state index in [9.17, 15) is 4.79 Å². The number of nitrogens with one attached hydrogen (secondary N) is 1. The summed E-state index contributed by atoms with van der Waals surface area (Å²) in [5.41, 5.74) is 2.74. The molecule has 2 aliphatic rings. The minimum absolute atomic E-state index is 0.262. The van der Waals surface area contributed by atoms with Crippen molar-refractivity contribution in [2.45, 2.75) is 32.1 Å². The molecule has 114 valence electrons. The van der Waals surface area contributed by atoms with Crippen LogP contribution in [0, 0.1) is 5.92 Å². The number of hydrogen-bond acceptors (Lipinski definition) is 5. The number of nitrogens with zero attached hydrogens (tertiary/aromatic N) is 2. The lowest BCUT2D eigenvalue weighted by molar-refractivity contribution is 0.127. The molecule has 1 amide bonds. The van der Waals surface area contributed by atoms with Crippen molar-refractivity contribution in [3.63, 3.8) is 0 Å². The lowest BCUT2D eigenvalue weighted by Gasteiger charge is -2.26. The van der Waals surface area contributed by atoms with Gasteiger partial charge in [0.05, 0.1) is 6.61 Å². The summed E-state index contributed by atoms with van der Waals surface area (Å²) in [4.78, 5) is 16.0. The molecule has 1 aliphatic heterocycles. The van der Waals surface area contributed by atoms with E-state index < -0.39 is 6.09 Å². The number of rotatable bonds is 5. The molecule has 3 rings (SSSR count). The van der Waals surface area contributed by atoms with Crippen molar-refractivity contribution in [3.05, 3.63) is 18.2 Å². The van der Waals surface area contributed by atoms with Gasteiger partial charge in [0.25, 0.3) is 0 Å². The summed E-state index contributed by atoms with van der Waals surface area (Å²) >= 11 is 0. The minimum Gasteiger partial charge on any atom is -0.477 e. The van der Waals surface area contributed by atoms with E-state index in [2.05, 4.69) is 10.4 Å². The minimum atomic E-state index is -0.497. The quantitative estimate of drug-likeness (QED) is 0.902. The van der Waals surface area contributed by atoms with E-state index in [4.69, 9.17) is 9.47 Å². The van der Waals surface area contributed by atoms with Gasteiger partial charge in [-0.15, -0.1) is 0 Å². The van der Waals surface area contributed by atoms with Crippen LogP contribution < -0.4 is 14.9 Å². The first-order chi connectivity index (χ1) is 10.3. The average molecular weight is 291 g/mol. The monoisotopic (exact) mass is 291 g/mol. The molecule has 21 heavy (non-hydrogen) atoms. The third-order valence-corrected chi connectivity index (χ3v) is 3.66. The molecule has 0 spiro atoms. The Balaban J connectivity index is 1.48. The first-order valence-corrected chi connectivity index (χ1v) is 7.63. The number of carbonyl (C=O) groups is 1. The van der Waals surface area contributed by atoms with Crippen molar-refractivity contribution in [1.82, 2.24) is 15.4 Å². The SMILES string of the molecule is O=C(NN1CCCCC1)Oc1cccc(OCC2CC2)n1. The average Bonchev–Trinajstić information content (AvgIpc) is 3.31. The fraction of sp³-hybridized carbons (Fsp3) is 0.600. The van der Waals surface area contributed by atoms with E-state index >= 15 is 0 Å². The molecular formula is C15H21N3O3. The molecule has 6 heteroatoms. The van der Waals surface area contributed by atoms with Crippen LogP contribution in [0.4, 0.5) is 4.79 Å². The largest absolute Gasteiger partial charge is 0.477 e. The summed E-state index contributed by atoms with van der Waals surface area (Å²) in [5.74, 6) is 1.43. The number of hydrogen-bond donors (Lipinski definition) is 1. The van der Waals surface area contributed by atoms with Crippen LogP contribution in [0.2, 0.25) is 0 Å². The Morgan fingerprint density at radius 1 is 1.24 bits per heavy atom. The van der Waals surface area contributed by atoms with E-state index in [1.54, 1.807) is 18.2 Å². The second-order valence-corrected chi connectivity index (χ2v) is 5.62. The van der Waals surface area contributed by atoms with Gasteiger partial charge in [-0.25, -0.2) is 9.80 Å². The van der Waals surface area contributed by atoms with E-state index in [1.165, 1.54) is 19.3 Å². The molecule has 1 aliphatic carbocycles. The van der Waals surface area contributed by atoms with Crippen molar-refractivity contribution in [1.29, 1.82) is 0 Å². The standard InChI is InChI=1S/C15H21N3O3/c19-15(17-18-9-2-1-3-10-18)21-14-6-4-5-13(16-14)20-11-12-7-8-12/h4-6,12H,1-3,7-11H2,(H,17,19). The van der Waals surface area contributed by atoms with Gasteiger partial charge in [-0.1, -0.05) is 12.5 Å². The molecule has 6 nitrogen and oxygen atoms in total. The Bertz CT molecular complexity index is 485. The van der Waals surface area contributed by atoms with Crippen LogP contribution in [0.1, 0.15) is 32.1 Å². The Kier molecular flexibility index (Phi) is 4.55. The maximum atomic E-state index is 11.8. The first-order valence-electron chi connectivity index (χ1n) is 7.63. The highest BCUT2D eigenvalue weighted by Gasteiger charge is 2.22. The zero-order chi connectivity index (χ0) is 14.5. The predicted octanol–water partition coefficient (Wildman–Crippen LogP) is 2.36. The smallest absolute Gasteiger partial charge is 0.428 e. The highest BCUT2D eigenvalue weighted by atomic mass is 16.6. The van der Waals surface area contributed by atoms with Crippen LogP contribution in [0.5, 0.6) is 11.8 Å². The first kappa shape index (κ1) is 14.1. The second kappa shape index (κ2) is 6.76. The lowest BCUT2D eigenvalue weighted by Crippen LogP contribution is -2.46. The number of piperidine rings is 1. The Hall–Kier alpha value is -1.82. The van der Waals surface area contributed by atoms with Crippen LogP contribution in [0.25, 0.3) is 0 Å². The Morgan fingerprint density at radius 2 is 2.00 bits per heavy atom. The maximum Gasteiger partial charge on any atom is 0.428 e. The molecular weight excluding hydrogens is 270 g/mol. The van der Waals surface area contributed by atoms with Crippen molar-refractivity contribution in [2.24, 2.45) is 5.92 Å². The van der Waals surface area contributed by atoms with E-state index in [1.807, 2.05) is 5.01 Å². The number of amides is 1. The number of carbonyl (C=O) groups excluding carboxylic acids is 1. The third-order valence-electron chi connectivity index (χ3n) is 3.66. The lowest BCUT2D eigenvalue weighted by atomic mass is 10.2. The molecule has 0 bridgehead atoms. The third kappa shape index (κ3) is 4.60. The van der Waals surface area contributed by atoms with Crippen molar-refractivity contribution >= 4 is 6.09 Å². The van der Waals surface area contributed by atoms with Crippen LogP contribution in [-0.4, -0.2) is 35.8 Å². The summed E-state index contributed by atoms with van der Waals surface area (Å²) in [6.45, 7) is 2.43. The fourth-order valence-corrected chi connectivity index (χ4v) is 2.27. The van der Waals surface area contributed by atoms with Gasteiger partial charge < -0.3 is 9.47 Å². The van der Waals surface area contributed by atoms with Gasteiger partial charge in [-0.05, 0) is 31.6 Å². The topological polar surface area (TPSA) is 63.7 Å². The molecule has 0 unspecified atom stereocenters. The summed E-state index contributed by atoms with van der Waals surface area (Å²) in [6, 6.07) is 5.20. The van der Waals surface area contributed by atoms with Gasteiger partial charge in [-0.2, -0.15) is 4.98 Å². The highest BCUT2D eigenvalue weighted by molar-refractivity contribution is 5.69. The molecule has 0 atom stereocenters. The maximum absolute atomic E-state index is 11.8. The molecule has 1 saturated heterocycles. The van der Waals surface area contributed by atoms with Crippen molar-refractivity contribution in [2.75, 3.05) is 19.7 Å². The van der Waals surface area contributed by atoms with Gasteiger partial charge in [-0.3, -0.25) is 5.43 Å². The van der Waals surface area contributed by atoms with E-state index in [0.29, 0.717) is 18.4 Å². The van der Waals surface area contributed by atoms with E-state index in [-0.39, 0.29) is 5.88 Å². The number of pyridine rings is 1. The second-order valence-electron chi connectivity index (χ2n) is 5.62. The van der Waals surface area contributed by atoms with Gasteiger partial charge >= 0.3 is 6.09 Å². The summed E-state index contributed by atoms with van der Waals surface area (Å²) in [5, 5.41) is 1.89. The summed E-state index contributed by atoms with van der Waals surface area (Å²) < 4.78 is 10.8. The predicted molar refractivity (Wildman–Crippen MR) is 77.0 cm³/mol. The molecule has 1 saturated carbocycles. The Labute approximate surface area is 124 Å². The number of hydrazine groups is 1. The fourth-order valence-electron chi connectivity index (χ4n) is 2.27. The summed E-state index contributed by atoms with van der Waals surface area (Å²) in [6.07, 6.45) is 5.38. The number of ether oxygens (including phenoxy) is 2. The molecule has 1 aromatic rings. The van der Waals surface area contributed by atoms with Crippen LogP contribution in [0.3, 0.4) is 0 Å². The molecule has 1 N–H and O–H groups in total. The zero-order valence-electron chi connectivity index (χ0n) is 12.1. The van der Waals surface area contributed by atoms with E-state index in [0.717, 1.165) is 25.9 Å². The van der Waals surface area contributed by atoms with Crippen LogP contribution in [-0.2, 0) is 0 Å². The van der Waals surface area contributed by atoms with Crippen molar-refractivity contribution in [3.8, 4) is 11.8 Å². The van der Waals surface area contributed by atoms with Crippen LogP contribution >= 0.6 is 0 Å². The normalized spacial score (nSPS) is 19.0. The number of aromatic nitrogens is 1. The molecule has 0 aromatic carbocycles. The molecule has 2 heterocycles.